The van der Waals surface area contributed by atoms with E-state index >= 15 is 0 Å². The standard InChI is InChI=1S/C30H60O3.Li.H/c1-3-5-7-9-11-13-15-16-17-18-19-21-23-25-27-29(31)30(32)33-28-26-24-22-20-14-12-10-8-6-4-2;;/h29,31H,3-28H2,1-2H3;;/q;+1;-1. The Labute approximate surface area is 227 Å². The number of rotatable bonds is 27. The molecule has 0 aliphatic carbocycles. The van der Waals surface area contributed by atoms with Crippen LogP contribution in [0, 0.1) is 0 Å². The fourth-order valence-corrected chi connectivity index (χ4v) is 4.51. The molecule has 0 spiro atoms. The Kier molecular flexibility index (Phi) is 33.1. The minimum Gasteiger partial charge on any atom is -1.00 e. The molecular weight excluding hydrogens is 415 g/mol. The first kappa shape index (κ1) is 36.2. The molecule has 3 nitrogen and oxygen atoms in total. The Bertz CT molecular complexity index is 396. The van der Waals surface area contributed by atoms with Crippen molar-refractivity contribution in [3.05, 3.63) is 0 Å². The molecule has 0 aromatic carbocycles. The molecule has 1 atom stereocenters. The van der Waals surface area contributed by atoms with E-state index in [4.69, 9.17) is 4.74 Å². The zero-order valence-electron chi connectivity index (χ0n) is 24.7. The van der Waals surface area contributed by atoms with Gasteiger partial charge in [0.25, 0.3) is 0 Å². The second-order valence-corrected chi connectivity index (χ2v) is 10.3. The van der Waals surface area contributed by atoms with Gasteiger partial charge in [-0.05, 0) is 12.8 Å². The smallest absolute Gasteiger partial charge is 1.00 e. The van der Waals surface area contributed by atoms with Gasteiger partial charge in [-0.2, -0.15) is 0 Å². The molecule has 4 heteroatoms. The quantitative estimate of drug-likeness (QED) is 0.0805. The van der Waals surface area contributed by atoms with Crippen LogP contribution in [0.2, 0.25) is 0 Å². The van der Waals surface area contributed by atoms with Crippen LogP contribution in [0.15, 0.2) is 0 Å². The zero-order chi connectivity index (χ0) is 24.2. The van der Waals surface area contributed by atoms with E-state index < -0.39 is 12.1 Å². The van der Waals surface area contributed by atoms with Gasteiger partial charge < -0.3 is 11.3 Å². The van der Waals surface area contributed by atoms with Gasteiger partial charge in [0.05, 0.1) is 6.61 Å². The van der Waals surface area contributed by atoms with Gasteiger partial charge in [-0.1, -0.05) is 162 Å². The minimum absolute atomic E-state index is 0. The fraction of sp³-hybridized carbons (Fsp3) is 0.967. The summed E-state index contributed by atoms with van der Waals surface area (Å²) in [7, 11) is 0. The summed E-state index contributed by atoms with van der Waals surface area (Å²) in [5.41, 5.74) is 0. The summed E-state index contributed by atoms with van der Waals surface area (Å²) in [5, 5.41) is 10.00. The molecule has 0 aliphatic heterocycles. The average molecular weight is 477 g/mol. The molecule has 0 saturated carbocycles. The first-order valence-corrected chi connectivity index (χ1v) is 15.1. The van der Waals surface area contributed by atoms with Gasteiger partial charge in [-0.3, -0.25) is 0 Å². The Hall–Kier alpha value is 0.0274. The largest absolute Gasteiger partial charge is 1.00 e. The Morgan fingerprint density at radius 2 is 0.853 bits per heavy atom. The molecular formula is C30H61LiO3. The average Bonchev–Trinajstić information content (AvgIpc) is 2.82. The van der Waals surface area contributed by atoms with Crippen LogP contribution in [0.3, 0.4) is 0 Å². The van der Waals surface area contributed by atoms with Crippen molar-refractivity contribution in [2.45, 2.75) is 180 Å². The van der Waals surface area contributed by atoms with Crippen molar-refractivity contribution in [2.24, 2.45) is 0 Å². The Morgan fingerprint density at radius 3 is 1.21 bits per heavy atom. The molecule has 0 amide bonds. The van der Waals surface area contributed by atoms with Crippen molar-refractivity contribution in [2.75, 3.05) is 6.61 Å². The molecule has 0 rings (SSSR count). The number of hydrogen-bond acceptors (Lipinski definition) is 3. The summed E-state index contributed by atoms with van der Waals surface area (Å²) in [4.78, 5) is 11.9. The van der Waals surface area contributed by atoms with Gasteiger partial charge in [0.15, 0.2) is 6.10 Å². The Morgan fingerprint density at radius 1 is 0.559 bits per heavy atom. The van der Waals surface area contributed by atoms with E-state index in [2.05, 4.69) is 13.8 Å². The molecule has 0 aliphatic rings. The number of ether oxygens (including phenoxy) is 1. The third-order valence-corrected chi connectivity index (χ3v) is 6.85. The van der Waals surface area contributed by atoms with Gasteiger partial charge >= 0.3 is 24.8 Å². The normalized spacial score (nSPS) is 11.9. The maximum Gasteiger partial charge on any atom is 1.00 e. The molecule has 200 valence electrons. The number of carbonyl (C=O) groups excluding carboxylic acids is 1. The maximum atomic E-state index is 11.9. The number of aliphatic hydroxyl groups excluding tert-OH is 1. The third kappa shape index (κ3) is 28.3. The number of hydrogen-bond donors (Lipinski definition) is 1. The van der Waals surface area contributed by atoms with E-state index in [1.165, 1.54) is 128 Å². The molecule has 0 aromatic heterocycles. The van der Waals surface area contributed by atoms with E-state index in [9.17, 15) is 9.90 Å². The van der Waals surface area contributed by atoms with Crippen LogP contribution in [-0.4, -0.2) is 23.8 Å². The van der Waals surface area contributed by atoms with Crippen LogP contribution in [0.1, 0.15) is 176 Å². The summed E-state index contributed by atoms with van der Waals surface area (Å²) in [6.07, 6.45) is 30.8. The van der Waals surface area contributed by atoms with Gasteiger partial charge in [-0.25, -0.2) is 4.79 Å². The van der Waals surface area contributed by atoms with Gasteiger partial charge in [0.2, 0.25) is 0 Å². The summed E-state index contributed by atoms with van der Waals surface area (Å²) in [6.45, 7) is 4.99. The molecule has 1 N–H and O–H groups in total. The zero-order valence-corrected chi connectivity index (χ0v) is 23.7. The maximum absolute atomic E-state index is 11.9. The molecule has 0 radical (unpaired) electrons. The molecule has 0 bridgehead atoms. The molecule has 34 heavy (non-hydrogen) atoms. The monoisotopic (exact) mass is 476 g/mol. The van der Waals surface area contributed by atoms with E-state index in [1.54, 1.807) is 0 Å². The van der Waals surface area contributed by atoms with Gasteiger partial charge in [-0.15, -0.1) is 0 Å². The first-order valence-electron chi connectivity index (χ1n) is 15.1. The first-order chi connectivity index (χ1) is 16.2. The topological polar surface area (TPSA) is 46.5 Å². The molecule has 1 unspecified atom stereocenters. The van der Waals surface area contributed by atoms with Crippen LogP contribution < -0.4 is 18.9 Å². The molecule has 0 aromatic rings. The van der Waals surface area contributed by atoms with Crippen molar-refractivity contribution in [1.82, 2.24) is 0 Å². The second-order valence-electron chi connectivity index (χ2n) is 10.3. The number of esters is 1. The van der Waals surface area contributed by atoms with Crippen molar-refractivity contribution in [3.8, 4) is 0 Å². The van der Waals surface area contributed by atoms with Gasteiger partial charge in [0.1, 0.15) is 0 Å². The van der Waals surface area contributed by atoms with Crippen molar-refractivity contribution >= 4 is 5.97 Å². The number of unbranched alkanes of at least 4 members (excludes halogenated alkanes) is 22. The SMILES string of the molecule is CCCCCCCCCCCCCCCCC(O)C(=O)OCCCCCCCCCCCC.[H-].[Li+]. The Balaban J connectivity index is -0.00000512. The van der Waals surface area contributed by atoms with Crippen molar-refractivity contribution in [1.29, 1.82) is 0 Å². The number of carbonyl (C=O) groups is 1. The fourth-order valence-electron chi connectivity index (χ4n) is 4.51. The molecule has 0 saturated heterocycles. The number of aliphatic hydroxyl groups is 1. The van der Waals surface area contributed by atoms with E-state index in [1.807, 2.05) is 0 Å². The van der Waals surface area contributed by atoms with Crippen LogP contribution in [-0.2, 0) is 9.53 Å². The van der Waals surface area contributed by atoms with E-state index in [-0.39, 0.29) is 20.3 Å². The van der Waals surface area contributed by atoms with Crippen LogP contribution in [0.25, 0.3) is 0 Å². The summed E-state index contributed by atoms with van der Waals surface area (Å²) in [5.74, 6) is -0.416. The van der Waals surface area contributed by atoms with Gasteiger partial charge in [0, 0.05) is 0 Å². The minimum atomic E-state index is -0.926. The second kappa shape index (κ2) is 31.1. The predicted molar refractivity (Wildman–Crippen MR) is 145 cm³/mol. The predicted octanol–water partition coefficient (Wildman–Crippen LogP) is 6.80. The van der Waals surface area contributed by atoms with Crippen molar-refractivity contribution < 1.29 is 34.9 Å². The van der Waals surface area contributed by atoms with Crippen LogP contribution in [0.4, 0.5) is 0 Å². The van der Waals surface area contributed by atoms with Crippen molar-refractivity contribution in [3.63, 3.8) is 0 Å². The molecule has 0 heterocycles. The van der Waals surface area contributed by atoms with E-state index in [0.717, 1.165) is 25.7 Å². The van der Waals surface area contributed by atoms with Crippen LogP contribution in [0.5, 0.6) is 0 Å². The summed E-state index contributed by atoms with van der Waals surface area (Å²) >= 11 is 0. The van der Waals surface area contributed by atoms with Crippen LogP contribution >= 0.6 is 0 Å². The van der Waals surface area contributed by atoms with E-state index in [0.29, 0.717) is 13.0 Å². The molecule has 0 fully saturated rings. The third-order valence-electron chi connectivity index (χ3n) is 6.85. The summed E-state index contributed by atoms with van der Waals surface area (Å²) in [6, 6.07) is 0. The summed E-state index contributed by atoms with van der Waals surface area (Å²) < 4.78 is 5.26.